The van der Waals surface area contributed by atoms with E-state index >= 15 is 0 Å². The molecule has 396 valence electrons. The van der Waals surface area contributed by atoms with Crippen LogP contribution in [0, 0.1) is 20.8 Å². The minimum atomic E-state index is -0.469. The molecule has 7 heterocycles. The van der Waals surface area contributed by atoms with E-state index in [1.165, 1.54) is 11.3 Å². The highest BCUT2D eigenvalue weighted by Gasteiger charge is 2.27. The molecule has 2 amide bonds. The number of ether oxygens (including phenoxy) is 6. The van der Waals surface area contributed by atoms with Gasteiger partial charge >= 0.3 is 0 Å². The van der Waals surface area contributed by atoms with Crippen molar-refractivity contribution in [1.82, 2.24) is 29.9 Å². The van der Waals surface area contributed by atoms with Gasteiger partial charge in [0.25, 0.3) is 0 Å². The fourth-order valence-electron chi connectivity index (χ4n) is 8.74. The normalized spacial score (nSPS) is 13.8. The topological polar surface area (TPSA) is 218 Å². The molecule has 0 bridgehead atoms. The van der Waals surface area contributed by atoms with Gasteiger partial charge in [-0.05, 0) is 87.6 Å². The van der Waals surface area contributed by atoms with Crippen LogP contribution >= 0.6 is 22.7 Å². The summed E-state index contributed by atoms with van der Waals surface area (Å²) >= 11 is 3.08. The summed E-state index contributed by atoms with van der Waals surface area (Å²) in [5, 5.41) is 17.0. The first kappa shape index (κ1) is 53.3. The molecule has 8 aromatic rings. The predicted octanol–water partition coefficient (Wildman–Crippen LogP) is 8.82. The van der Waals surface area contributed by atoms with E-state index in [0.717, 1.165) is 55.7 Å². The van der Waals surface area contributed by atoms with Gasteiger partial charge in [0.15, 0.2) is 17.9 Å². The van der Waals surface area contributed by atoms with Gasteiger partial charge in [-0.25, -0.2) is 19.9 Å². The van der Waals surface area contributed by atoms with E-state index in [9.17, 15) is 14.7 Å². The third-order valence-corrected chi connectivity index (χ3v) is 15.0. The number of thiophene rings is 2. The number of aliphatic hydroxyl groups is 1. The summed E-state index contributed by atoms with van der Waals surface area (Å²) in [5.74, 6) is 3.70. The number of benzene rings is 2. The maximum atomic E-state index is 13.6. The van der Waals surface area contributed by atoms with Crippen molar-refractivity contribution in [2.75, 3.05) is 88.3 Å². The lowest BCUT2D eigenvalue weighted by Gasteiger charge is -2.28. The monoisotopic (exact) mass is 1070 g/mol. The number of nitrogens with zero attached hydrogens (tertiary/aromatic N) is 8. The molecule has 1 fully saturated rings. The molecule has 21 heteroatoms. The van der Waals surface area contributed by atoms with E-state index in [-0.39, 0.29) is 44.7 Å². The van der Waals surface area contributed by atoms with Crippen molar-refractivity contribution in [3.8, 4) is 46.0 Å². The molecule has 6 aromatic heterocycles. The van der Waals surface area contributed by atoms with Crippen molar-refractivity contribution in [2.24, 2.45) is 0 Å². The summed E-state index contributed by atoms with van der Waals surface area (Å²) < 4.78 is 35.9. The number of aromatic nitrogens is 6. The van der Waals surface area contributed by atoms with E-state index in [2.05, 4.69) is 15.6 Å². The molecule has 0 spiro atoms. The molecule has 3 N–H and O–H groups in total. The lowest BCUT2D eigenvalue weighted by Crippen LogP contribution is -2.33. The van der Waals surface area contributed by atoms with Gasteiger partial charge in [-0.1, -0.05) is 12.1 Å². The van der Waals surface area contributed by atoms with Crippen molar-refractivity contribution in [2.45, 2.75) is 58.8 Å². The standard InChI is InChI=1S/C55H60N10O9S2/c1-32-34(3)75-54-48(32)52(64(4)29-45(67)58-35-12-10-14-37(24-35)69-6)60-50(62-54)43-27-40(18-20-57-43)73-31-41(74-47-16-8-9-22-72-47)28-44-33(2)49-53(65(5)30-46(68)59-36-13-11-15-38(25-36)70-7)61-51(63-55(49)76-44)42-26-39(17-19-56-42)71-23-21-66/h10-15,17-20,24-27,41,47,66H,8-9,16,21-23,28-31H2,1-7H3,(H,58,67)(H,59,68). The van der Waals surface area contributed by atoms with Gasteiger partial charge in [-0.2, -0.15) is 0 Å². The Kier molecular flexibility index (Phi) is 17.1. The van der Waals surface area contributed by atoms with Gasteiger partial charge in [0.05, 0.1) is 50.8 Å². The molecule has 2 atom stereocenters. The molecule has 9 rings (SSSR count). The molecule has 0 saturated carbocycles. The van der Waals surface area contributed by atoms with Crippen LogP contribution in [0.5, 0.6) is 23.0 Å². The van der Waals surface area contributed by atoms with Gasteiger partial charge < -0.3 is 54.0 Å². The fraction of sp³-hybridized carbons (Fsp3) is 0.345. The number of hydrogen-bond acceptors (Lipinski definition) is 19. The quantitative estimate of drug-likeness (QED) is 0.0577. The lowest BCUT2D eigenvalue weighted by molar-refractivity contribution is -0.192. The molecule has 1 aliphatic rings. The maximum absolute atomic E-state index is 13.6. The summed E-state index contributed by atoms with van der Waals surface area (Å²) in [5.41, 5.74) is 4.16. The minimum Gasteiger partial charge on any atom is -0.497 e. The Morgan fingerprint density at radius 1 is 0.724 bits per heavy atom. The SMILES string of the molecule is COc1cccc(NC(=O)CN(C)c2nc(-c3cc(OCC(Cc4sc5nc(-c6cc(OCCO)ccn6)nc(N(C)CC(=O)Nc6cccc(OC)c6)c5c4C)OC4CCCCO4)ccn3)nc3sc(C)c(C)c23)c1. The van der Waals surface area contributed by atoms with Crippen molar-refractivity contribution in [3.63, 3.8) is 0 Å². The van der Waals surface area contributed by atoms with E-state index in [0.29, 0.717) is 86.9 Å². The van der Waals surface area contributed by atoms with Crippen LogP contribution in [0.3, 0.4) is 0 Å². The van der Waals surface area contributed by atoms with Crippen molar-refractivity contribution >= 4 is 77.9 Å². The smallest absolute Gasteiger partial charge is 0.243 e. The van der Waals surface area contributed by atoms with Gasteiger partial charge in [0.1, 0.15) is 68.9 Å². The van der Waals surface area contributed by atoms with Crippen LogP contribution in [0.2, 0.25) is 0 Å². The van der Waals surface area contributed by atoms with Gasteiger partial charge in [-0.15, -0.1) is 22.7 Å². The molecule has 0 aliphatic carbocycles. The number of fused-ring (bicyclic) bond motifs is 2. The zero-order chi connectivity index (χ0) is 53.3. The minimum absolute atomic E-state index is 0.0274. The van der Waals surface area contributed by atoms with Crippen LogP contribution in [0.4, 0.5) is 23.0 Å². The number of rotatable bonds is 22. The van der Waals surface area contributed by atoms with Gasteiger partial charge in [0, 0.05) is 84.9 Å². The Hall–Kier alpha value is -7.56. The Morgan fingerprint density at radius 3 is 1.84 bits per heavy atom. The fourth-order valence-corrected chi connectivity index (χ4v) is 11.0. The number of methoxy groups -OCH3 is 2. The number of aliphatic hydroxyl groups excluding tert-OH is 1. The molecule has 1 aliphatic heterocycles. The summed E-state index contributed by atoms with van der Waals surface area (Å²) in [6.45, 7) is 6.85. The number of likely N-dealkylation sites (N-methyl/N-ethyl adjacent to an activating group) is 2. The van der Waals surface area contributed by atoms with Crippen LogP contribution in [-0.2, 0) is 25.5 Å². The Morgan fingerprint density at radius 2 is 1.29 bits per heavy atom. The number of nitrogens with one attached hydrogen (secondary N) is 2. The van der Waals surface area contributed by atoms with Crippen LogP contribution in [0.1, 0.15) is 40.1 Å². The van der Waals surface area contributed by atoms with E-state index < -0.39 is 12.4 Å². The van der Waals surface area contributed by atoms with Crippen LogP contribution in [-0.4, -0.2) is 127 Å². The third-order valence-electron chi connectivity index (χ3n) is 12.7. The molecule has 0 radical (unpaired) electrons. The van der Waals surface area contributed by atoms with E-state index in [4.69, 9.17) is 53.3 Å². The summed E-state index contributed by atoms with van der Waals surface area (Å²) in [6.07, 6.45) is 5.52. The highest BCUT2D eigenvalue weighted by atomic mass is 32.1. The average Bonchev–Trinajstić information content (AvgIpc) is 3.93. The third kappa shape index (κ3) is 12.7. The summed E-state index contributed by atoms with van der Waals surface area (Å²) in [7, 11) is 6.82. The molecule has 2 aromatic carbocycles. The largest absolute Gasteiger partial charge is 0.497 e. The molecule has 19 nitrogen and oxygen atoms in total. The summed E-state index contributed by atoms with van der Waals surface area (Å²) in [6, 6.07) is 21.4. The first-order valence-electron chi connectivity index (χ1n) is 24.8. The van der Waals surface area contributed by atoms with Gasteiger partial charge in [-0.3, -0.25) is 19.6 Å². The zero-order valence-corrected chi connectivity index (χ0v) is 45.0. The van der Waals surface area contributed by atoms with E-state index in [1.807, 2.05) is 76.2 Å². The number of amides is 2. The van der Waals surface area contributed by atoms with Crippen molar-refractivity contribution in [3.05, 3.63) is 106 Å². The molecule has 1 saturated heterocycles. The van der Waals surface area contributed by atoms with Crippen LogP contribution in [0.25, 0.3) is 43.5 Å². The highest BCUT2D eigenvalue weighted by molar-refractivity contribution is 7.19. The first-order valence-corrected chi connectivity index (χ1v) is 26.4. The number of carbonyl (C=O) groups is 2. The highest BCUT2D eigenvalue weighted by Crippen LogP contribution is 2.39. The number of pyridine rings is 2. The molecular weight excluding hydrogens is 1010 g/mol. The number of aryl methyl sites for hydroxylation is 3. The molecule has 76 heavy (non-hydrogen) atoms. The van der Waals surface area contributed by atoms with Gasteiger partial charge in [0.2, 0.25) is 11.8 Å². The maximum Gasteiger partial charge on any atom is 0.243 e. The second kappa shape index (κ2) is 24.4. The second-order valence-corrected chi connectivity index (χ2v) is 20.5. The average molecular weight is 1070 g/mol. The number of hydrogen-bond donors (Lipinski definition) is 3. The Bertz CT molecular complexity index is 3350. The predicted molar refractivity (Wildman–Crippen MR) is 296 cm³/mol. The second-order valence-electron chi connectivity index (χ2n) is 18.2. The zero-order valence-electron chi connectivity index (χ0n) is 43.4. The molecular formula is C55H60N10O9S2. The van der Waals surface area contributed by atoms with E-state index in [1.54, 1.807) is 79.2 Å². The van der Waals surface area contributed by atoms with Crippen LogP contribution in [0.15, 0.2) is 85.2 Å². The number of anilines is 4. The lowest BCUT2D eigenvalue weighted by atomic mass is 10.1. The molecule has 2 unspecified atom stereocenters. The first-order chi connectivity index (χ1) is 36.9. The number of carbonyl (C=O) groups excluding carboxylic acids is 2. The van der Waals surface area contributed by atoms with Crippen molar-refractivity contribution in [1.29, 1.82) is 0 Å². The Balaban J connectivity index is 0.991. The van der Waals surface area contributed by atoms with Crippen molar-refractivity contribution < 1.29 is 43.1 Å². The van der Waals surface area contributed by atoms with Crippen LogP contribution < -0.4 is 39.4 Å². The summed E-state index contributed by atoms with van der Waals surface area (Å²) in [4.78, 5) is 63.6. The Labute approximate surface area is 448 Å².